The number of nitrogens with zero attached hydrogens (tertiary/aromatic N) is 1. The average molecular weight is 425 g/mol. The highest BCUT2D eigenvalue weighted by molar-refractivity contribution is 8.18. The van der Waals surface area contributed by atoms with Crippen molar-refractivity contribution in [2.45, 2.75) is 45.4 Å². The molecule has 0 saturated carbocycles. The Kier molecular flexibility index (Phi) is 8.39. The van der Waals surface area contributed by atoms with Gasteiger partial charge in [-0.3, -0.25) is 4.79 Å². The first kappa shape index (κ1) is 22.0. The quantitative estimate of drug-likeness (QED) is 0.361. The lowest BCUT2D eigenvalue weighted by molar-refractivity contribution is -0.115. The highest BCUT2D eigenvalue weighted by atomic mass is 32.2. The lowest BCUT2D eigenvalue weighted by atomic mass is 10.1. The van der Waals surface area contributed by atoms with E-state index in [1.165, 1.54) is 43.9 Å². The summed E-state index contributed by atoms with van der Waals surface area (Å²) in [5.41, 5.74) is 1.61. The second-order valence-corrected chi connectivity index (χ2v) is 8.21. The van der Waals surface area contributed by atoms with Gasteiger partial charge in [-0.05, 0) is 66.2 Å². The number of unbranched alkanes of at least 4 members (excludes halogenated alkanes) is 5. The number of rotatable bonds is 10. The predicted molar refractivity (Wildman–Crippen MR) is 124 cm³/mol. The number of amidine groups is 1. The summed E-state index contributed by atoms with van der Waals surface area (Å²) in [6.07, 6.45) is 9.31. The zero-order valence-corrected chi connectivity index (χ0v) is 18.1. The van der Waals surface area contributed by atoms with Gasteiger partial charge in [-0.2, -0.15) is 0 Å². The molecule has 6 heteroatoms. The van der Waals surface area contributed by atoms with Crippen LogP contribution in [0.5, 0.6) is 11.5 Å². The van der Waals surface area contributed by atoms with Crippen LogP contribution in [0, 0.1) is 0 Å². The maximum Gasteiger partial charge on any atom is 0.264 e. The fraction of sp³-hybridized carbons (Fsp3) is 0.333. The molecular weight excluding hydrogens is 396 g/mol. The molecule has 0 aliphatic carbocycles. The van der Waals surface area contributed by atoms with Gasteiger partial charge in [0.05, 0.1) is 17.2 Å². The summed E-state index contributed by atoms with van der Waals surface area (Å²) in [7, 11) is 0. The van der Waals surface area contributed by atoms with E-state index in [0.29, 0.717) is 15.8 Å². The van der Waals surface area contributed by atoms with Crippen LogP contribution in [0.3, 0.4) is 0 Å². The molecule has 1 fully saturated rings. The van der Waals surface area contributed by atoms with E-state index >= 15 is 0 Å². The van der Waals surface area contributed by atoms with Crippen molar-refractivity contribution in [2.75, 3.05) is 6.61 Å². The maximum atomic E-state index is 12.2. The minimum atomic E-state index is -0.166. The Morgan fingerprint density at radius 2 is 1.70 bits per heavy atom. The summed E-state index contributed by atoms with van der Waals surface area (Å²) in [5, 5.41) is 12.6. The molecule has 158 valence electrons. The molecule has 0 aromatic heterocycles. The molecule has 1 saturated heterocycles. The van der Waals surface area contributed by atoms with Gasteiger partial charge < -0.3 is 15.2 Å². The van der Waals surface area contributed by atoms with Crippen molar-refractivity contribution in [3.05, 3.63) is 59.0 Å². The Bertz CT molecular complexity index is 890. The molecule has 1 aliphatic rings. The normalized spacial score (nSPS) is 16.2. The SMILES string of the molecule is CCCCCCCCOc1ccc(/C=C2\SC(=Nc3ccc(O)cc3)NC2=O)cc1. The van der Waals surface area contributed by atoms with Gasteiger partial charge in [-0.1, -0.05) is 51.2 Å². The zero-order valence-electron chi connectivity index (χ0n) is 17.3. The van der Waals surface area contributed by atoms with Crippen LogP contribution < -0.4 is 10.1 Å². The summed E-state index contributed by atoms with van der Waals surface area (Å²) in [6, 6.07) is 14.3. The predicted octanol–water partition coefficient (Wildman–Crippen LogP) is 6.02. The van der Waals surface area contributed by atoms with E-state index in [1.54, 1.807) is 24.3 Å². The van der Waals surface area contributed by atoms with Crippen molar-refractivity contribution in [1.29, 1.82) is 0 Å². The number of thioether (sulfide) groups is 1. The Hall–Kier alpha value is -2.73. The van der Waals surface area contributed by atoms with Crippen molar-refractivity contribution in [2.24, 2.45) is 4.99 Å². The number of ether oxygens (including phenoxy) is 1. The monoisotopic (exact) mass is 424 g/mol. The smallest absolute Gasteiger partial charge is 0.264 e. The van der Waals surface area contributed by atoms with Crippen LogP contribution in [0.4, 0.5) is 5.69 Å². The van der Waals surface area contributed by atoms with Gasteiger partial charge in [0.25, 0.3) is 5.91 Å². The summed E-state index contributed by atoms with van der Waals surface area (Å²) >= 11 is 1.30. The van der Waals surface area contributed by atoms with E-state index in [2.05, 4.69) is 17.2 Å². The number of benzene rings is 2. The molecule has 3 rings (SSSR count). The third-order valence-electron chi connectivity index (χ3n) is 4.68. The first-order chi connectivity index (χ1) is 14.6. The fourth-order valence-corrected chi connectivity index (χ4v) is 3.85. The van der Waals surface area contributed by atoms with Crippen LogP contribution in [0.2, 0.25) is 0 Å². The third-order valence-corrected chi connectivity index (χ3v) is 5.59. The highest BCUT2D eigenvalue weighted by Crippen LogP contribution is 2.29. The Balaban J connectivity index is 1.50. The number of aromatic hydroxyl groups is 1. The molecule has 2 aromatic carbocycles. The van der Waals surface area contributed by atoms with Crippen molar-refractivity contribution < 1.29 is 14.6 Å². The molecule has 0 atom stereocenters. The van der Waals surface area contributed by atoms with Crippen molar-refractivity contribution in [3.63, 3.8) is 0 Å². The number of amides is 1. The molecule has 0 bridgehead atoms. The molecule has 2 aromatic rings. The number of nitrogens with one attached hydrogen (secondary N) is 1. The van der Waals surface area contributed by atoms with Gasteiger partial charge in [0.1, 0.15) is 11.5 Å². The van der Waals surface area contributed by atoms with Gasteiger partial charge in [0.2, 0.25) is 0 Å². The summed E-state index contributed by atoms with van der Waals surface area (Å²) < 4.78 is 5.81. The lowest BCUT2D eigenvalue weighted by Crippen LogP contribution is -2.19. The second-order valence-electron chi connectivity index (χ2n) is 7.18. The van der Waals surface area contributed by atoms with Crippen LogP contribution in [-0.4, -0.2) is 22.8 Å². The first-order valence-electron chi connectivity index (χ1n) is 10.5. The molecule has 30 heavy (non-hydrogen) atoms. The van der Waals surface area contributed by atoms with E-state index in [0.717, 1.165) is 24.3 Å². The average Bonchev–Trinajstić information content (AvgIpc) is 3.09. The van der Waals surface area contributed by atoms with Crippen LogP contribution in [0.15, 0.2) is 58.4 Å². The van der Waals surface area contributed by atoms with E-state index in [1.807, 2.05) is 30.3 Å². The molecule has 0 spiro atoms. The standard InChI is InChI=1S/C24H28N2O3S/c1-2-3-4-5-6-7-16-29-21-14-8-18(9-15-21)17-22-23(28)26-24(30-22)25-19-10-12-20(27)13-11-19/h8-15,17,27H,2-7,16H2,1H3,(H,25,26,28)/b22-17-. The van der Waals surface area contributed by atoms with E-state index < -0.39 is 0 Å². The highest BCUT2D eigenvalue weighted by Gasteiger charge is 2.23. The van der Waals surface area contributed by atoms with E-state index in [4.69, 9.17) is 4.74 Å². The molecule has 5 nitrogen and oxygen atoms in total. The summed E-state index contributed by atoms with van der Waals surface area (Å²) in [5.74, 6) is 0.867. The molecular formula is C24H28N2O3S. The second kappa shape index (κ2) is 11.5. The van der Waals surface area contributed by atoms with Gasteiger partial charge in [-0.25, -0.2) is 4.99 Å². The number of phenolic OH excluding ortho intramolecular Hbond substituents is 1. The van der Waals surface area contributed by atoms with Crippen LogP contribution in [0.25, 0.3) is 6.08 Å². The number of carbonyl (C=O) groups is 1. The van der Waals surface area contributed by atoms with Crippen molar-refractivity contribution in [3.8, 4) is 11.5 Å². The summed E-state index contributed by atoms with van der Waals surface area (Å²) in [4.78, 5) is 17.2. The number of carbonyl (C=O) groups excluding carboxylic acids is 1. The molecule has 0 radical (unpaired) electrons. The fourth-order valence-electron chi connectivity index (χ4n) is 3.01. The van der Waals surface area contributed by atoms with Gasteiger partial charge in [-0.15, -0.1) is 0 Å². The number of hydrogen-bond acceptors (Lipinski definition) is 5. The lowest BCUT2D eigenvalue weighted by Gasteiger charge is -2.06. The Morgan fingerprint density at radius 1 is 1.00 bits per heavy atom. The Morgan fingerprint density at radius 3 is 2.43 bits per heavy atom. The van der Waals surface area contributed by atoms with Crippen LogP contribution in [-0.2, 0) is 4.79 Å². The summed E-state index contributed by atoms with van der Waals surface area (Å²) in [6.45, 7) is 2.97. The van der Waals surface area contributed by atoms with Crippen molar-refractivity contribution >= 4 is 34.6 Å². The van der Waals surface area contributed by atoms with Crippen LogP contribution in [0.1, 0.15) is 51.0 Å². The van der Waals surface area contributed by atoms with Gasteiger partial charge in [0.15, 0.2) is 5.17 Å². The number of phenols is 1. The number of hydrogen-bond donors (Lipinski definition) is 2. The van der Waals surface area contributed by atoms with E-state index in [-0.39, 0.29) is 11.7 Å². The van der Waals surface area contributed by atoms with Gasteiger partial charge >= 0.3 is 0 Å². The molecule has 1 amide bonds. The molecule has 0 unspecified atom stereocenters. The number of aliphatic imine (C=N–C) groups is 1. The molecule has 1 aliphatic heterocycles. The van der Waals surface area contributed by atoms with Crippen molar-refractivity contribution in [1.82, 2.24) is 5.32 Å². The molecule has 2 N–H and O–H groups in total. The van der Waals surface area contributed by atoms with Crippen LogP contribution >= 0.6 is 11.8 Å². The topological polar surface area (TPSA) is 70.9 Å². The molecule has 1 heterocycles. The van der Waals surface area contributed by atoms with Gasteiger partial charge in [0, 0.05) is 0 Å². The Labute approximate surface area is 182 Å². The largest absolute Gasteiger partial charge is 0.508 e. The maximum absolute atomic E-state index is 12.2. The minimum Gasteiger partial charge on any atom is -0.508 e. The zero-order chi connectivity index (χ0) is 21.2. The minimum absolute atomic E-state index is 0.166. The first-order valence-corrected chi connectivity index (χ1v) is 11.3. The van der Waals surface area contributed by atoms with E-state index in [9.17, 15) is 9.90 Å². The third kappa shape index (κ3) is 6.95.